The number of piperidine rings is 1. The number of nitriles is 1. The Kier molecular flexibility index (Phi) is 6.58. The van der Waals surface area contributed by atoms with Crippen LogP contribution in [-0.2, 0) is 6.42 Å². The monoisotopic (exact) mass is 460 g/mol. The first-order chi connectivity index (χ1) is 12.5. The minimum absolute atomic E-state index is 0.203. The van der Waals surface area contributed by atoms with Crippen LogP contribution in [0.25, 0.3) is 5.57 Å². The van der Waals surface area contributed by atoms with E-state index in [-0.39, 0.29) is 3.42 Å². The molecule has 0 radical (unpaired) electrons. The van der Waals surface area contributed by atoms with Gasteiger partial charge in [0.25, 0.3) is 0 Å². The van der Waals surface area contributed by atoms with Crippen molar-refractivity contribution in [2.45, 2.75) is 43.0 Å². The SMILES string of the molecule is CCc1cccc(C2=CC(C)C(CN3CCC(I)(CC#N)CC3)C=C2)c1. The van der Waals surface area contributed by atoms with Crippen molar-refractivity contribution in [1.29, 1.82) is 5.26 Å². The fraction of sp³-hybridized carbons (Fsp3) is 0.522. The molecule has 0 bridgehead atoms. The van der Waals surface area contributed by atoms with Crippen molar-refractivity contribution >= 4 is 28.2 Å². The zero-order chi connectivity index (χ0) is 18.6. The Labute approximate surface area is 172 Å². The van der Waals surface area contributed by atoms with Crippen molar-refractivity contribution in [3.63, 3.8) is 0 Å². The highest BCUT2D eigenvalue weighted by Gasteiger charge is 2.32. The van der Waals surface area contributed by atoms with Crippen LogP contribution in [0.2, 0.25) is 0 Å². The van der Waals surface area contributed by atoms with Crippen molar-refractivity contribution in [3.05, 3.63) is 53.6 Å². The number of hydrogen-bond donors (Lipinski definition) is 0. The Morgan fingerprint density at radius 1 is 1.31 bits per heavy atom. The van der Waals surface area contributed by atoms with Crippen LogP contribution >= 0.6 is 22.6 Å². The third-order valence-corrected chi connectivity index (χ3v) is 7.39. The topological polar surface area (TPSA) is 27.0 Å². The Morgan fingerprint density at radius 2 is 2.08 bits per heavy atom. The first-order valence-corrected chi connectivity index (χ1v) is 10.9. The molecule has 3 heteroatoms. The summed E-state index contributed by atoms with van der Waals surface area (Å²) >= 11 is 2.52. The van der Waals surface area contributed by atoms with Gasteiger partial charge in [-0.2, -0.15) is 5.26 Å². The Morgan fingerprint density at radius 3 is 2.73 bits per heavy atom. The summed E-state index contributed by atoms with van der Waals surface area (Å²) in [6.45, 7) is 7.94. The molecule has 1 aromatic rings. The standard InChI is InChI=1S/C23H29IN2/c1-3-19-5-4-6-20(16-19)21-7-8-22(18(2)15-21)17-26-13-10-23(24,9-12-25)11-14-26/h4-8,15-16,18,22H,3,9-11,13-14,17H2,1-2H3. The van der Waals surface area contributed by atoms with Crippen molar-refractivity contribution in [3.8, 4) is 6.07 Å². The second kappa shape index (κ2) is 8.71. The Bertz CT molecular complexity index is 720. The van der Waals surface area contributed by atoms with Crippen LogP contribution in [0.3, 0.4) is 0 Å². The van der Waals surface area contributed by atoms with Crippen LogP contribution in [0, 0.1) is 23.2 Å². The number of aryl methyl sites for hydroxylation is 1. The van der Waals surface area contributed by atoms with E-state index in [1.54, 1.807) is 0 Å². The van der Waals surface area contributed by atoms with Crippen LogP contribution in [0.4, 0.5) is 0 Å². The van der Waals surface area contributed by atoms with Crippen molar-refractivity contribution in [2.75, 3.05) is 19.6 Å². The number of halogens is 1. The number of likely N-dealkylation sites (tertiary alicyclic amines) is 1. The van der Waals surface area contributed by atoms with E-state index in [4.69, 9.17) is 5.26 Å². The molecule has 2 atom stereocenters. The molecule has 1 aromatic carbocycles. The van der Waals surface area contributed by atoms with Crippen LogP contribution in [0.1, 0.15) is 44.2 Å². The first-order valence-electron chi connectivity index (χ1n) is 9.80. The van der Waals surface area contributed by atoms with Gasteiger partial charge in [-0.3, -0.25) is 0 Å². The molecular weight excluding hydrogens is 431 g/mol. The summed E-state index contributed by atoms with van der Waals surface area (Å²) < 4.78 is 0.203. The van der Waals surface area contributed by atoms with E-state index in [0.717, 1.165) is 38.9 Å². The fourth-order valence-electron chi connectivity index (χ4n) is 4.01. The third kappa shape index (κ3) is 4.78. The lowest BCUT2D eigenvalue weighted by Gasteiger charge is -2.39. The molecular formula is C23H29IN2. The average Bonchev–Trinajstić information content (AvgIpc) is 2.65. The van der Waals surface area contributed by atoms with Gasteiger partial charge < -0.3 is 4.90 Å². The van der Waals surface area contributed by atoms with Gasteiger partial charge in [-0.15, -0.1) is 0 Å². The van der Waals surface area contributed by atoms with Crippen molar-refractivity contribution in [1.82, 2.24) is 4.90 Å². The van der Waals surface area contributed by atoms with E-state index >= 15 is 0 Å². The van der Waals surface area contributed by atoms with E-state index in [2.05, 4.69) is 89.9 Å². The van der Waals surface area contributed by atoms with Gasteiger partial charge in [0.2, 0.25) is 0 Å². The van der Waals surface area contributed by atoms with Crippen molar-refractivity contribution in [2.24, 2.45) is 11.8 Å². The molecule has 1 aliphatic carbocycles. The molecule has 0 amide bonds. The molecule has 2 nitrogen and oxygen atoms in total. The summed E-state index contributed by atoms with van der Waals surface area (Å²) in [5.74, 6) is 1.15. The number of allylic oxidation sites excluding steroid dienone is 3. The van der Waals surface area contributed by atoms with Gasteiger partial charge >= 0.3 is 0 Å². The molecule has 1 aliphatic heterocycles. The molecule has 0 aromatic heterocycles. The van der Waals surface area contributed by atoms with Crippen LogP contribution < -0.4 is 0 Å². The van der Waals surface area contributed by atoms with E-state index in [1.807, 2.05) is 0 Å². The number of alkyl halides is 1. The van der Waals surface area contributed by atoms with Crippen LogP contribution in [0.5, 0.6) is 0 Å². The highest BCUT2D eigenvalue weighted by Crippen LogP contribution is 2.36. The zero-order valence-electron chi connectivity index (χ0n) is 15.9. The fourth-order valence-corrected chi connectivity index (χ4v) is 4.66. The second-order valence-corrected chi connectivity index (χ2v) is 10.1. The van der Waals surface area contributed by atoms with Gasteiger partial charge in [0.15, 0.2) is 0 Å². The van der Waals surface area contributed by atoms with Gasteiger partial charge in [0, 0.05) is 16.4 Å². The normalized spacial score (nSPS) is 25.5. The lowest BCUT2D eigenvalue weighted by Crippen LogP contribution is -2.43. The van der Waals surface area contributed by atoms with Gasteiger partial charge in [0.05, 0.1) is 6.07 Å². The van der Waals surface area contributed by atoms with E-state index in [0.29, 0.717) is 18.3 Å². The van der Waals surface area contributed by atoms with Crippen LogP contribution in [-0.4, -0.2) is 28.0 Å². The molecule has 1 heterocycles. The summed E-state index contributed by atoms with van der Waals surface area (Å²) in [6.07, 6.45) is 11.2. The predicted molar refractivity (Wildman–Crippen MR) is 118 cm³/mol. The Hall–Kier alpha value is -1.12. The Balaban J connectivity index is 1.59. The summed E-state index contributed by atoms with van der Waals surface area (Å²) in [7, 11) is 0. The maximum atomic E-state index is 9.01. The molecule has 138 valence electrons. The lowest BCUT2D eigenvalue weighted by molar-refractivity contribution is 0.180. The molecule has 2 unspecified atom stereocenters. The zero-order valence-corrected chi connectivity index (χ0v) is 18.1. The highest BCUT2D eigenvalue weighted by molar-refractivity contribution is 14.1. The second-order valence-electron chi connectivity index (χ2n) is 7.84. The van der Waals surface area contributed by atoms with Gasteiger partial charge in [-0.25, -0.2) is 0 Å². The molecule has 1 fully saturated rings. The van der Waals surface area contributed by atoms with Crippen molar-refractivity contribution < 1.29 is 0 Å². The summed E-state index contributed by atoms with van der Waals surface area (Å²) in [6, 6.07) is 11.3. The molecule has 0 saturated carbocycles. The number of benzene rings is 1. The predicted octanol–water partition coefficient (Wildman–Crippen LogP) is 5.64. The van der Waals surface area contributed by atoms with E-state index in [9.17, 15) is 0 Å². The van der Waals surface area contributed by atoms with Gasteiger partial charge in [-0.1, -0.05) is 78.9 Å². The van der Waals surface area contributed by atoms with E-state index in [1.165, 1.54) is 16.7 Å². The lowest BCUT2D eigenvalue weighted by atomic mass is 9.84. The third-order valence-electron chi connectivity index (χ3n) is 5.93. The minimum Gasteiger partial charge on any atom is -0.303 e. The maximum Gasteiger partial charge on any atom is 0.0635 e. The van der Waals surface area contributed by atoms with Gasteiger partial charge in [-0.05, 0) is 60.9 Å². The van der Waals surface area contributed by atoms with Crippen LogP contribution in [0.15, 0.2) is 42.5 Å². The summed E-state index contributed by atoms with van der Waals surface area (Å²) in [4.78, 5) is 2.59. The molecule has 0 N–H and O–H groups in total. The van der Waals surface area contributed by atoms with Gasteiger partial charge in [0.1, 0.15) is 0 Å². The minimum atomic E-state index is 0.203. The summed E-state index contributed by atoms with van der Waals surface area (Å²) in [5, 5.41) is 9.01. The smallest absolute Gasteiger partial charge is 0.0635 e. The molecule has 2 aliphatic rings. The average molecular weight is 460 g/mol. The summed E-state index contributed by atoms with van der Waals surface area (Å²) in [5.41, 5.74) is 4.11. The van der Waals surface area contributed by atoms with E-state index < -0.39 is 0 Å². The largest absolute Gasteiger partial charge is 0.303 e. The number of rotatable bonds is 5. The molecule has 26 heavy (non-hydrogen) atoms. The number of nitrogens with zero attached hydrogens (tertiary/aromatic N) is 2. The first kappa shape index (κ1) is 19.6. The quantitative estimate of drug-likeness (QED) is 0.420. The molecule has 0 spiro atoms. The maximum absolute atomic E-state index is 9.01. The number of hydrogen-bond acceptors (Lipinski definition) is 2. The molecule has 3 rings (SSSR count). The highest BCUT2D eigenvalue weighted by atomic mass is 127. The molecule has 1 saturated heterocycles.